The van der Waals surface area contributed by atoms with Gasteiger partial charge in [-0.1, -0.05) is 68.2 Å². The van der Waals surface area contributed by atoms with Gasteiger partial charge in [0.1, 0.15) is 0 Å². The predicted molar refractivity (Wildman–Crippen MR) is 102 cm³/mol. The van der Waals surface area contributed by atoms with Crippen molar-refractivity contribution in [1.29, 1.82) is 0 Å². The minimum absolute atomic E-state index is 0.153. The molecule has 0 aliphatic rings. The van der Waals surface area contributed by atoms with Crippen LogP contribution in [0.2, 0.25) is 0 Å². The third-order valence-electron chi connectivity index (χ3n) is 3.72. The molecule has 2 aromatic carbocycles. The smallest absolute Gasteiger partial charge is 0.255 e. The second-order valence-electron chi connectivity index (χ2n) is 6.15. The Bertz CT molecular complexity index is 793. The number of carbonyl (C=O) groups is 1. The van der Waals surface area contributed by atoms with Crippen molar-refractivity contribution in [3.8, 4) is 11.8 Å². The topological polar surface area (TPSA) is 49.3 Å². The molecule has 0 radical (unpaired) electrons. The monoisotopic (exact) mass is 333 g/mol. The van der Waals surface area contributed by atoms with Gasteiger partial charge in [0.25, 0.3) is 5.91 Å². The summed E-state index contributed by atoms with van der Waals surface area (Å²) in [6.07, 6.45) is 0.849. The molecule has 2 N–H and O–H groups in total. The molecule has 2 aromatic rings. The lowest BCUT2D eigenvalue weighted by Crippen LogP contribution is -2.27. The maximum absolute atomic E-state index is 12.5. The summed E-state index contributed by atoms with van der Waals surface area (Å²) >= 11 is 0. The molecule has 0 aliphatic carbocycles. The van der Waals surface area contributed by atoms with Crippen LogP contribution < -0.4 is 5.32 Å². The van der Waals surface area contributed by atoms with Gasteiger partial charge in [0.15, 0.2) is 0 Å². The Kier molecular flexibility index (Phi) is 6.42. The van der Waals surface area contributed by atoms with Gasteiger partial charge in [-0.15, -0.1) is 0 Å². The Morgan fingerprint density at radius 2 is 1.68 bits per heavy atom. The average molecular weight is 333 g/mol. The molecule has 1 amide bonds. The fourth-order valence-corrected chi connectivity index (χ4v) is 2.32. The molecule has 25 heavy (non-hydrogen) atoms. The number of aliphatic hydroxyl groups excluding tert-OH is 1. The summed E-state index contributed by atoms with van der Waals surface area (Å²) in [4.78, 5) is 12.5. The van der Waals surface area contributed by atoms with E-state index in [0.717, 1.165) is 17.4 Å². The number of hydrogen-bond acceptors (Lipinski definition) is 2. The molecule has 3 heteroatoms. The van der Waals surface area contributed by atoms with Crippen LogP contribution in [0.15, 0.2) is 60.9 Å². The maximum Gasteiger partial charge on any atom is 0.255 e. The summed E-state index contributed by atoms with van der Waals surface area (Å²) in [7, 11) is 0. The molecule has 0 bridgehead atoms. The van der Waals surface area contributed by atoms with Gasteiger partial charge in [-0.05, 0) is 30.2 Å². The highest BCUT2D eigenvalue weighted by molar-refractivity contribution is 6.19. The first-order chi connectivity index (χ1) is 12.0. The number of benzene rings is 2. The highest BCUT2D eigenvalue weighted by atomic mass is 16.2. The van der Waals surface area contributed by atoms with Crippen molar-refractivity contribution in [2.24, 2.45) is 5.92 Å². The molecular weight excluding hydrogens is 310 g/mol. The first kappa shape index (κ1) is 18.4. The van der Waals surface area contributed by atoms with Crippen LogP contribution >= 0.6 is 0 Å². The molecule has 0 aliphatic heterocycles. The van der Waals surface area contributed by atoms with E-state index in [0.29, 0.717) is 11.5 Å². The van der Waals surface area contributed by atoms with Crippen molar-refractivity contribution in [2.45, 2.75) is 26.8 Å². The Hall–Kier alpha value is -2.99. The lowest BCUT2D eigenvalue weighted by Gasteiger charge is -2.15. The molecule has 0 spiro atoms. The van der Waals surface area contributed by atoms with Crippen LogP contribution in [0.4, 0.5) is 0 Å². The number of amides is 1. The molecule has 0 saturated carbocycles. The molecule has 0 saturated heterocycles. The molecule has 0 unspecified atom stereocenters. The van der Waals surface area contributed by atoms with Gasteiger partial charge in [0.2, 0.25) is 0 Å². The quantitative estimate of drug-likeness (QED) is 0.493. The second kappa shape index (κ2) is 8.75. The molecule has 0 aromatic heterocycles. The van der Waals surface area contributed by atoms with E-state index < -0.39 is 0 Å². The number of rotatable bonds is 4. The number of nitrogens with one attached hydrogen (secondary N) is 1. The van der Waals surface area contributed by atoms with Crippen LogP contribution in [-0.4, -0.2) is 11.0 Å². The average Bonchev–Trinajstić information content (AvgIpc) is 2.62. The zero-order chi connectivity index (χ0) is 18.2. The van der Waals surface area contributed by atoms with Gasteiger partial charge < -0.3 is 10.4 Å². The SMILES string of the molecule is CC(C)C#Cc1ccc(/C(=C\O)C(=O)N[C@H](C)c2ccccc2)cc1. The van der Waals surface area contributed by atoms with Gasteiger partial charge in [-0.25, -0.2) is 0 Å². The van der Waals surface area contributed by atoms with E-state index in [9.17, 15) is 9.90 Å². The minimum Gasteiger partial charge on any atom is -0.515 e. The third-order valence-corrected chi connectivity index (χ3v) is 3.72. The molecule has 1 atom stereocenters. The Labute approximate surface area is 149 Å². The van der Waals surface area contributed by atoms with Crippen molar-refractivity contribution in [3.05, 3.63) is 77.5 Å². The summed E-state index contributed by atoms with van der Waals surface area (Å²) in [6.45, 7) is 5.98. The summed E-state index contributed by atoms with van der Waals surface area (Å²) in [6, 6.07) is 16.8. The first-order valence-electron chi connectivity index (χ1n) is 8.33. The van der Waals surface area contributed by atoms with Crippen molar-refractivity contribution in [1.82, 2.24) is 5.32 Å². The van der Waals surface area contributed by atoms with Crippen LogP contribution in [0.1, 0.15) is 43.5 Å². The zero-order valence-electron chi connectivity index (χ0n) is 14.8. The summed E-state index contributed by atoms with van der Waals surface area (Å²) < 4.78 is 0. The molecule has 128 valence electrons. The van der Waals surface area contributed by atoms with Crippen LogP contribution in [0.25, 0.3) is 5.57 Å². The van der Waals surface area contributed by atoms with Crippen LogP contribution in [-0.2, 0) is 4.79 Å². The first-order valence-corrected chi connectivity index (χ1v) is 8.33. The van der Waals surface area contributed by atoms with Crippen molar-refractivity contribution in [3.63, 3.8) is 0 Å². The number of aliphatic hydroxyl groups is 1. The minimum atomic E-state index is -0.320. The van der Waals surface area contributed by atoms with E-state index in [1.807, 2.05) is 63.2 Å². The fourth-order valence-electron chi connectivity index (χ4n) is 2.32. The van der Waals surface area contributed by atoms with Gasteiger partial charge in [-0.2, -0.15) is 0 Å². The van der Waals surface area contributed by atoms with Gasteiger partial charge in [-0.3, -0.25) is 4.79 Å². The van der Waals surface area contributed by atoms with E-state index in [2.05, 4.69) is 17.2 Å². The standard InChI is InChI=1S/C22H23NO2/c1-16(2)9-10-18-11-13-20(14-12-18)21(15-24)22(25)23-17(3)19-7-5-4-6-8-19/h4-8,11-17,24H,1-3H3,(H,23,25)/b21-15+/t17-/m1/s1. The van der Waals surface area contributed by atoms with Gasteiger partial charge >= 0.3 is 0 Å². The van der Waals surface area contributed by atoms with E-state index in [4.69, 9.17) is 0 Å². The number of hydrogen-bond donors (Lipinski definition) is 2. The second-order valence-corrected chi connectivity index (χ2v) is 6.15. The normalized spacial score (nSPS) is 12.2. The molecule has 2 rings (SSSR count). The Morgan fingerprint density at radius 1 is 1.04 bits per heavy atom. The summed E-state index contributed by atoms with van der Waals surface area (Å²) in [5, 5.41) is 12.4. The van der Waals surface area contributed by atoms with E-state index in [-0.39, 0.29) is 17.5 Å². The van der Waals surface area contributed by atoms with E-state index >= 15 is 0 Å². The molecule has 3 nitrogen and oxygen atoms in total. The molecule has 0 fully saturated rings. The highest BCUT2D eigenvalue weighted by Crippen LogP contribution is 2.18. The van der Waals surface area contributed by atoms with Crippen molar-refractivity contribution in [2.75, 3.05) is 0 Å². The Balaban J connectivity index is 2.11. The molecule has 0 heterocycles. The lowest BCUT2D eigenvalue weighted by molar-refractivity contribution is -0.116. The maximum atomic E-state index is 12.5. The zero-order valence-corrected chi connectivity index (χ0v) is 14.8. The van der Waals surface area contributed by atoms with Gasteiger partial charge in [0, 0.05) is 11.5 Å². The largest absolute Gasteiger partial charge is 0.515 e. The Morgan fingerprint density at radius 3 is 2.24 bits per heavy atom. The fraction of sp³-hybridized carbons (Fsp3) is 0.227. The summed E-state index contributed by atoms with van der Waals surface area (Å²) in [5.41, 5.74) is 2.77. The van der Waals surface area contributed by atoms with E-state index in [1.165, 1.54) is 0 Å². The van der Waals surface area contributed by atoms with Crippen LogP contribution in [0, 0.1) is 17.8 Å². The van der Waals surface area contributed by atoms with Crippen LogP contribution in [0.5, 0.6) is 0 Å². The summed E-state index contributed by atoms with van der Waals surface area (Å²) in [5.74, 6) is 6.16. The van der Waals surface area contributed by atoms with Crippen LogP contribution in [0.3, 0.4) is 0 Å². The van der Waals surface area contributed by atoms with Crippen molar-refractivity contribution >= 4 is 11.5 Å². The molecular formula is C22H23NO2. The third kappa shape index (κ3) is 5.26. The highest BCUT2D eigenvalue weighted by Gasteiger charge is 2.15. The van der Waals surface area contributed by atoms with E-state index in [1.54, 1.807) is 12.1 Å². The van der Waals surface area contributed by atoms with Gasteiger partial charge in [0.05, 0.1) is 17.9 Å². The lowest BCUT2D eigenvalue weighted by atomic mass is 10.0. The number of carbonyl (C=O) groups excluding carboxylic acids is 1. The van der Waals surface area contributed by atoms with Crippen molar-refractivity contribution < 1.29 is 9.90 Å². The predicted octanol–water partition coefficient (Wildman–Crippen LogP) is 4.47.